The molecule has 1 aliphatic rings. The zero-order valence-corrected chi connectivity index (χ0v) is 19.3. The van der Waals surface area contributed by atoms with Gasteiger partial charge in [0.25, 0.3) is 0 Å². The fraction of sp³-hybridized carbons (Fsp3) is 0.316. The number of nitrogens with zero attached hydrogens (tertiary/aromatic N) is 4. The average molecular weight is 529 g/mol. The molecule has 1 atom stereocenters. The van der Waals surface area contributed by atoms with E-state index in [4.69, 9.17) is 0 Å². The molecular formula is C19H17AsF3N4O4S. The number of aromatic nitrogens is 3. The van der Waals surface area contributed by atoms with E-state index in [0.717, 1.165) is 6.26 Å². The number of anilines is 1. The molecule has 1 aromatic carbocycles. The Morgan fingerprint density at radius 2 is 2.09 bits per heavy atom. The van der Waals surface area contributed by atoms with Crippen LogP contribution in [-0.4, -0.2) is 68.7 Å². The summed E-state index contributed by atoms with van der Waals surface area (Å²) in [5.41, 5.74) is 0.818. The number of benzene rings is 1. The Morgan fingerprint density at radius 3 is 2.81 bits per heavy atom. The molecule has 169 valence electrons. The first-order chi connectivity index (χ1) is 15.0. The van der Waals surface area contributed by atoms with Crippen LogP contribution < -0.4 is 9.38 Å². The van der Waals surface area contributed by atoms with Gasteiger partial charge in [-0.05, 0) is 0 Å². The van der Waals surface area contributed by atoms with E-state index in [2.05, 4.69) is 14.3 Å². The molecule has 3 heterocycles. The Labute approximate surface area is 188 Å². The Hall–Kier alpha value is -2.43. The predicted octanol–water partition coefficient (Wildman–Crippen LogP) is 1.29. The van der Waals surface area contributed by atoms with Crippen molar-refractivity contribution in [1.82, 2.24) is 14.6 Å². The van der Waals surface area contributed by atoms with Crippen molar-refractivity contribution in [3.63, 3.8) is 0 Å². The van der Waals surface area contributed by atoms with Crippen LogP contribution in [0.2, 0.25) is 0 Å². The molecule has 0 aliphatic carbocycles. The topological polar surface area (TPSA) is 93.9 Å². The van der Waals surface area contributed by atoms with Crippen LogP contribution in [0.3, 0.4) is 0 Å². The van der Waals surface area contributed by atoms with Crippen LogP contribution in [0.4, 0.5) is 19.0 Å². The van der Waals surface area contributed by atoms with Gasteiger partial charge in [-0.3, -0.25) is 0 Å². The quantitative estimate of drug-likeness (QED) is 0.337. The Balaban J connectivity index is 1.64. The summed E-state index contributed by atoms with van der Waals surface area (Å²) in [5, 5.41) is 4.41. The number of hydrogen-bond acceptors (Lipinski definition) is 7. The first-order valence-corrected chi connectivity index (χ1v) is 13.0. The Morgan fingerprint density at radius 1 is 1.31 bits per heavy atom. The summed E-state index contributed by atoms with van der Waals surface area (Å²) >= 11 is -1.20. The van der Waals surface area contributed by atoms with Crippen molar-refractivity contribution in [2.45, 2.75) is 18.4 Å². The van der Waals surface area contributed by atoms with E-state index in [0.29, 0.717) is 15.7 Å². The molecule has 0 unspecified atom stereocenters. The second kappa shape index (κ2) is 8.49. The van der Waals surface area contributed by atoms with Crippen LogP contribution in [-0.2, 0) is 19.1 Å². The Bertz CT molecular complexity index is 1280. The summed E-state index contributed by atoms with van der Waals surface area (Å²) in [4.78, 5) is 17.7. The molecule has 1 fully saturated rings. The first-order valence-electron chi connectivity index (χ1n) is 9.34. The van der Waals surface area contributed by atoms with Gasteiger partial charge in [-0.15, -0.1) is 0 Å². The van der Waals surface area contributed by atoms with Crippen LogP contribution in [0.15, 0.2) is 42.6 Å². The molecule has 32 heavy (non-hydrogen) atoms. The first kappa shape index (κ1) is 22.8. The molecule has 13 heteroatoms. The molecule has 3 aromatic rings. The fourth-order valence-electron chi connectivity index (χ4n) is 3.47. The van der Waals surface area contributed by atoms with E-state index in [1.54, 1.807) is 18.2 Å². The SMILES string of the molecule is CS(=O)(=O)OCC(=O)[As]c1cnc2ccc(N3CC(F)(F)C[C@@H]3c3cccc(F)c3)nn12. The fourth-order valence-corrected chi connectivity index (χ4v) is 5.54. The molecule has 0 saturated carbocycles. The minimum atomic E-state index is -3.75. The number of imidazole rings is 1. The van der Waals surface area contributed by atoms with Crippen LogP contribution in [0.25, 0.3) is 5.65 Å². The summed E-state index contributed by atoms with van der Waals surface area (Å²) in [5.74, 6) is -3.28. The third-order valence-corrected chi connectivity index (χ3v) is 7.22. The molecule has 8 nitrogen and oxygen atoms in total. The average Bonchev–Trinajstić information content (AvgIpc) is 3.25. The number of rotatable bonds is 7. The van der Waals surface area contributed by atoms with E-state index >= 15 is 0 Å². The van der Waals surface area contributed by atoms with Gasteiger partial charge in [0, 0.05) is 0 Å². The summed E-state index contributed by atoms with van der Waals surface area (Å²) in [6.45, 7) is -1.18. The molecule has 0 amide bonds. The van der Waals surface area contributed by atoms with Gasteiger partial charge in [-0.2, -0.15) is 0 Å². The third kappa shape index (κ3) is 5.13. The second-order valence-electron chi connectivity index (χ2n) is 7.31. The zero-order chi connectivity index (χ0) is 23.1. The number of hydrogen-bond donors (Lipinski definition) is 0. The van der Waals surface area contributed by atoms with Gasteiger partial charge in [-0.25, -0.2) is 0 Å². The predicted molar refractivity (Wildman–Crippen MR) is 110 cm³/mol. The van der Waals surface area contributed by atoms with Crippen molar-refractivity contribution in [3.05, 3.63) is 54.0 Å². The number of alkyl halides is 2. The van der Waals surface area contributed by atoms with Crippen molar-refractivity contribution in [3.8, 4) is 0 Å². The molecule has 2 aromatic heterocycles. The maximum atomic E-state index is 14.3. The van der Waals surface area contributed by atoms with Crippen molar-refractivity contribution in [2.75, 3.05) is 24.3 Å². The molecular weight excluding hydrogens is 512 g/mol. The van der Waals surface area contributed by atoms with Crippen LogP contribution in [0.5, 0.6) is 0 Å². The van der Waals surface area contributed by atoms with Crippen LogP contribution >= 0.6 is 0 Å². The third-order valence-electron chi connectivity index (χ3n) is 4.76. The number of halogens is 3. The van der Waals surface area contributed by atoms with E-state index in [1.807, 2.05) is 0 Å². The maximum absolute atomic E-state index is 14.3. The van der Waals surface area contributed by atoms with Crippen molar-refractivity contribution < 1.29 is 30.6 Å². The molecule has 0 spiro atoms. The Kier molecular flexibility index (Phi) is 6.04. The van der Waals surface area contributed by atoms with Crippen LogP contribution in [0, 0.1) is 5.82 Å². The minimum absolute atomic E-state index is 0.226. The van der Waals surface area contributed by atoms with Crippen molar-refractivity contribution in [1.29, 1.82) is 0 Å². The van der Waals surface area contributed by atoms with Gasteiger partial charge in [0.05, 0.1) is 0 Å². The summed E-state index contributed by atoms with van der Waals surface area (Å²) < 4.78 is 70.4. The summed E-state index contributed by atoms with van der Waals surface area (Å²) in [6.07, 6.45) is 1.80. The number of carbonyl (C=O) groups excluding carboxylic acids is 1. The second-order valence-corrected chi connectivity index (χ2v) is 11.4. The van der Waals surface area contributed by atoms with E-state index in [1.165, 1.54) is 33.8 Å². The summed E-state index contributed by atoms with van der Waals surface area (Å²) in [7, 11) is -3.75. The van der Waals surface area contributed by atoms with E-state index in [9.17, 15) is 26.4 Å². The van der Waals surface area contributed by atoms with Gasteiger partial charge in [-0.1, -0.05) is 0 Å². The monoisotopic (exact) mass is 529 g/mol. The van der Waals surface area contributed by atoms with Gasteiger partial charge in [0.2, 0.25) is 0 Å². The standard InChI is InChI=1S/C19H17AsF3N4O4S/c1-32(29,30)31-10-16(28)20-15-9-24-17-5-6-18(25-27(15)17)26-11-19(22,23)8-14(26)12-3-2-4-13(21)7-12/h2-7,9,14H,8,10-11H2,1H3/t14-/m1/s1. The van der Waals surface area contributed by atoms with Crippen LogP contribution in [0.1, 0.15) is 18.0 Å². The zero-order valence-electron chi connectivity index (χ0n) is 16.7. The van der Waals surface area contributed by atoms with Gasteiger partial charge < -0.3 is 0 Å². The van der Waals surface area contributed by atoms with Crippen molar-refractivity contribution in [2.24, 2.45) is 0 Å². The van der Waals surface area contributed by atoms with Gasteiger partial charge in [0.1, 0.15) is 0 Å². The van der Waals surface area contributed by atoms with Crippen molar-refractivity contribution >= 4 is 46.4 Å². The van der Waals surface area contributed by atoms with E-state index in [-0.39, 0.29) is 5.82 Å². The summed E-state index contributed by atoms with van der Waals surface area (Å²) in [6, 6.07) is 7.89. The van der Waals surface area contributed by atoms with E-state index < -0.39 is 67.8 Å². The number of carbonyl (C=O) groups is 1. The molecule has 0 bridgehead atoms. The normalized spacial score (nSPS) is 18.8. The molecule has 0 N–H and O–H groups in total. The molecule has 1 saturated heterocycles. The molecule has 1 radical (unpaired) electrons. The van der Waals surface area contributed by atoms with Gasteiger partial charge >= 0.3 is 188 Å². The number of fused-ring (bicyclic) bond motifs is 1. The molecule has 1 aliphatic heterocycles. The van der Waals surface area contributed by atoms with Gasteiger partial charge in [0.15, 0.2) is 0 Å². The molecule has 4 rings (SSSR count).